The smallest absolute Gasteiger partial charge is 0.312 e. The maximum absolute atomic E-state index is 6.40. The van der Waals surface area contributed by atoms with Crippen molar-refractivity contribution in [3.05, 3.63) is 24.5 Å². The Labute approximate surface area is 108 Å². The highest BCUT2D eigenvalue weighted by Crippen LogP contribution is 2.21. The zero-order valence-corrected chi connectivity index (χ0v) is 15.1. The van der Waals surface area contributed by atoms with Gasteiger partial charge in [-0.3, -0.25) is 0 Å². The fourth-order valence-electron chi connectivity index (χ4n) is 2.11. The van der Waals surface area contributed by atoms with Crippen LogP contribution in [0.4, 0.5) is 0 Å². The third kappa shape index (κ3) is 4.92. The molecule has 0 amide bonds. The summed E-state index contributed by atoms with van der Waals surface area (Å²) in [6.45, 7) is 15.4. The second-order valence-corrected chi connectivity index (χ2v) is 18.3. The molecule has 1 aromatic rings. The number of nitrogens with zero attached hydrogens (tertiary/aromatic N) is 1. The Kier molecular flexibility index (Phi) is 4.25. The Morgan fingerprint density at radius 2 is 1.24 bits per heavy atom. The predicted molar refractivity (Wildman–Crippen MR) is 80.3 cm³/mol. The minimum Gasteiger partial charge on any atom is -0.437 e. The van der Waals surface area contributed by atoms with E-state index in [0.717, 1.165) is 0 Å². The fourth-order valence-corrected chi connectivity index (χ4v) is 14.7. The summed E-state index contributed by atoms with van der Waals surface area (Å²) in [6.07, 6.45) is 4.18. The maximum atomic E-state index is 6.40. The van der Waals surface area contributed by atoms with Gasteiger partial charge in [-0.1, -0.05) is 0 Å². The highest BCUT2D eigenvalue weighted by atomic mass is 28.5. The molecule has 0 aliphatic rings. The minimum absolute atomic E-state index is 1.53. The fraction of sp³-hybridized carbons (Fsp3) is 0.636. The van der Waals surface area contributed by atoms with Crippen molar-refractivity contribution in [1.29, 1.82) is 0 Å². The van der Waals surface area contributed by atoms with Crippen molar-refractivity contribution in [2.45, 2.75) is 45.8 Å². The lowest BCUT2D eigenvalue weighted by molar-refractivity contribution is 0.387. The van der Waals surface area contributed by atoms with E-state index in [4.69, 9.17) is 8.23 Å². The van der Waals surface area contributed by atoms with Gasteiger partial charge in [0, 0.05) is 0 Å². The molecule has 0 bridgehead atoms. The summed E-state index contributed by atoms with van der Waals surface area (Å²) in [5.41, 5.74) is 0. The highest BCUT2D eigenvalue weighted by Gasteiger charge is 2.39. The van der Waals surface area contributed by atoms with Crippen molar-refractivity contribution in [1.82, 2.24) is 4.23 Å². The summed E-state index contributed by atoms with van der Waals surface area (Å²) in [5, 5.41) is 0. The van der Waals surface area contributed by atoms with Crippen LogP contribution >= 0.6 is 0 Å². The van der Waals surface area contributed by atoms with Crippen LogP contribution < -0.4 is 0 Å². The molecular weight excluding hydrogens is 262 g/mol. The standard InChI is InChI=1S/C11H25NO2Si3/c1-15(2,3)13-17(6,7)14-16(4,5)12-10-8-9-11-12/h8-11H,1-7H3. The summed E-state index contributed by atoms with van der Waals surface area (Å²) in [6, 6.07) is 4.10. The van der Waals surface area contributed by atoms with Crippen molar-refractivity contribution in [3.8, 4) is 0 Å². The van der Waals surface area contributed by atoms with Gasteiger partial charge in [-0.15, -0.1) is 0 Å². The summed E-state index contributed by atoms with van der Waals surface area (Å²) in [4.78, 5) is 0. The minimum atomic E-state index is -2.03. The van der Waals surface area contributed by atoms with E-state index in [9.17, 15) is 0 Å². The van der Waals surface area contributed by atoms with E-state index in [1.807, 2.05) is 12.1 Å². The molecule has 0 unspecified atom stereocenters. The summed E-state index contributed by atoms with van der Waals surface area (Å²) in [7, 11) is -5.44. The molecule has 1 rings (SSSR count). The largest absolute Gasteiger partial charge is 0.437 e. The van der Waals surface area contributed by atoms with E-state index in [-0.39, 0.29) is 0 Å². The topological polar surface area (TPSA) is 23.4 Å². The molecule has 0 radical (unpaired) electrons. The average molecular weight is 288 g/mol. The van der Waals surface area contributed by atoms with Gasteiger partial charge in [0.25, 0.3) is 8.48 Å². The number of rotatable bonds is 5. The van der Waals surface area contributed by atoms with E-state index in [2.05, 4.69) is 62.5 Å². The first-order chi connectivity index (χ1) is 7.52. The molecule has 0 aliphatic carbocycles. The molecule has 17 heavy (non-hydrogen) atoms. The van der Waals surface area contributed by atoms with E-state index < -0.39 is 25.4 Å². The van der Waals surface area contributed by atoms with Gasteiger partial charge < -0.3 is 12.5 Å². The van der Waals surface area contributed by atoms with E-state index in [1.165, 1.54) is 0 Å². The molecule has 3 nitrogen and oxygen atoms in total. The maximum Gasteiger partial charge on any atom is 0.312 e. The Balaban J connectivity index is 2.76. The molecule has 0 saturated heterocycles. The van der Waals surface area contributed by atoms with Gasteiger partial charge in [0.05, 0.1) is 0 Å². The molecule has 0 atom stereocenters. The second kappa shape index (κ2) is 4.85. The van der Waals surface area contributed by atoms with Gasteiger partial charge in [0.15, 0.2) is 8.32 Å². The van der Waals surface area contributed by atoms with Gasteiger partial charge in [-0.2, -0.15) is 0 Å². The van der Waals surface area contributed by atoms with Gasteiger partial charge in [-0.05, 0) is 70.4 Å². The highest BCUT2D eigenvalue weighted by molar-refractivity contribution is 6.87. The molecule has 0 N–H and O–H groups in total. The first-order valence-corrected chi connectivity index (χ1v) is 15.1. The molecule has 1 aromatic heterocycles. The number of aromatic nitrogens is 1. The molecule has 1 heterocycles. The summed E-state index contributed by atoms with van der Waals surface area (Å²) in [5.74, 6) is 0. The van der Waals surface area contributed by atoms with Gasteiger partial charge in [0.2, 0.25) is 0 Å². The van der Waals surface area contributed by atoms with Crippen LogP contribution in [0.1, 0.15) is 0 Å². The van der Waals surface area contributed by atoms with Crippen LogP contribution in [0.2, 0.25) is 45.8 Å². The van der Waals surface area contributed by atoms with Crippen LogP contribution in [0.25, 0.3) is 0 Å². The normalized spacial score (nSPS) is 14.1. The van der Waals surface area contributed by atoms with Crippen LogP contribution in [-0.2, 0) is 8.23 Å². The molecule has 0 spiro atoms. The predicted octanol–water partition coefficient (Wildman–Crippen LogP) is 3.61. The van der Waals surface area contributed by atoms with E-state index in [1.54, 1.807) is 0 Å². The van der Waals surface area contributed by atoms with Crippen molar-refractivity contribution >= 4 is 25.4 Å². The lowest BCUT2D eigenvalue weighted by atomic mass is 10.7. The monoisotopic (exact) mass is 287 g/mol. The SMILES string of the molecule is C[Si](C)(C)O[Si](C)(C)O[Si](C)(C)n1cccc1. The summed E-state index contributed by atoms with van der Waals surface area (Å²) < 4.78 is 14.9. The number of hydrogen-bond acceptors (Lipinski definition) is 2. The first-order valence-electron chi connectivity index (χ1n) is 6.06. The van der Waals surface area contributed by atoms with Crippen LogP contribution in [0.5, 0.6) is 0 Å². The van der Waals surface area contributed by atoms with Crippen molar-refractivity contribution in [2.75, 3.05) is 0 Å². The van der Waals surface area contributed by atoms with E-state index >= 15 is 0 Å². The molecule has 0 aromatic carbocycles. The van der Waals surface area contributed by atoms with Crippen LogP contribution in [-0.4, -0.2) is 29.6 Å². The molecular formula is C11H25NO2Si3. The van der Waals surface area contributed by atoms with Crippen LogP contribution in [0.15, 0.2) is 24.5 Å². The van der Waals surface area contributed by atoms with Crippen molar-refractivity contribution < 1.29 is 8.23 Å². The molecule has 0 fully saturated rings. The Bertz CT molecular complexity index is 355. The van der Waals surface area contributed by atoms with Crippen LogP contribution in [0.3, 0.4) is 0 Å². The third-order valence-corrected chi connectivity index (χ3v) is 12.2. The third-order valence-electron chi connectivity index (χ3n) is 2.27. The Morgan fingerprint density at radius 1 is 0.765 bits per heavy atom. The second-order valence-electron chi connectivity index (χ2n) is 6.25. The zero-order valence-electron chi connectivity index (χ0n) is 12.1. The molecule has 0 aliphatic heterocycles. The van der Waals surface area contributed by atoms with Gasteiger partial charge in [-0.25, -0.2) is 0 Å². The van der Waals surface area contributed by atoms with Gasteiger partial charge >= 0.3 is 8.56 Å². The molecule has 0 saturated carbocycles. The van der Waals surface area contributed by atoms with E-state index in [0.29, 0.717) is 0 Å². The Morgan fingerprint density at radius 3 is 1.65 bits per heavy atom. The zero-order chi connectivity index (χ0) is 13.3. The molecule has 6 heteroatoms. The number of hydrogen-bond donors (Lipinski definition) is 0. The molecule has 98 valence electrons. The summed E-state index contributed by atoms with van der Waals surface area (Å²) >= 11 is 0. The van der Waals surface area contributed by atoms with Gasteiger partial charge in [0.1, 0.15) is 0 Å². The van der Waals surface area contributed by atoms with Crippen molar-refractivity contribution in [2.24, 2.45) is 0 Å². The average Bonchev–Trinajstić information content (AvgIpc) is 2.46. The van der Waals surface area contributed by atoms with Crippen LogP contribution in [0, 0.1) is 0 Å². The van der Waals surface area contributed by atoms with Crippen molar-refractivity contribution in [3.63, 3.8) is 0 Å². The quantitative estimate of drug-likeness (QED) is 0.772. The Hall–Kier alpha value is -0.149. The first kappa shape index (κ1) is 14.9. The lowest BCUT2D eigenvalue weighted by Gasteiger charge is -2.37. The lowest BCUT2D eigenvalue weighted by Crippen LogP contribution is -2.54.